The van der Waals surface area contributed by atoms with Crippen LogP contribution in [-0.4, -0.2) is 23.3 Å². The fourth-order valence-corrected chi connectivity index (χ4v) is 2.24. The zero-order valence-electron chi connectivity index (χ0n) is 10.4. The van der Waals surface area contributed by atoms with Crippen molar-refractivity contribution in [3.05, 3.63) is 0 Å². The first-order valence-electron chi connectivity index (χ1n) is 6.54. The molecule has 0 bridgehead atoms. The molecule has 0 aromatic heterocycles. The molecular formula is C13H27NO. The molecule has 2 N–H and O–H groups in total. The summed E-state index contributed by atoms with van der Waals surface area (Å²) < 4.78 is 0. The summed E-state index contributed by atoms with van der Waals surface area (Å²) in [5.74, 6) is 0. The van der Waals surface area contributed by atoms with E-state index in [4.69, 9.17) is 0 Å². The molecule has 90 valence electrons. The Morgan fingerprint density at radius 2 is 1.60 bits per heavy atom. The van der Waals surface area contributed by atoms with E-state index in [0.717, 1.165) is 13.0 Å². The van der Waals surface area contributed by atoms with Crippen molar-refractivity contribution in [2.75, 3.05) is 6.54 Å². The summed E-state index contributed by atoms with van der Waals surface area (Å²) in [5, 5.41) is 13.2. The van der Waals surface area contributed by atoms with Crippen LogP contribution in [0.3, 0.4) is 0 Å². The summed E-state index contributed by atoms with van der Waals surface area (Å²) in [5.41, 5.74) is -0.519. The molecule has 0 aliphatic heterocycles. The smallest absolute Gasteiger partial charge is 0.0603 e. The Bertz CT molecular complexity index is 154. The monoisotopic (exact) mass is 213 g/mol. The molecule has 1 aliphatic carbocycles. The lowest BCUT2D eigenvalue weighted by atomic mass is 9.96. The van der Waals surface area contributed by atoms with Gasteiger partial charge in [-0.05, 0) is 39.7 Å². The molecule has 1 aliphatic rings. The third kappa shape index (κ3) is 6.91. The van der Waals surface area contributed by atoms with Crippen molar-refractivity contribution in [2.45, 2.75) is 76.9 Å². The fourth-order valence-electron chi connectivity index (χ4n) is 2.24. The summed E-state index contributed by atoms with van der Waals surface area (Å²) >= 11 is 0. The molecule has 0 unspecified atom stereocenters. The molecule has 0 saturated heterocycles. The molecule has 0 aromatic carbocycles. The molecule has 2 nitrogen and oxygen atoms in total. The van der Waals surface area contributed by atoms with Gasteiger partial charge in [0.1, 0.15) is 0 Å². The second kappa shape index (κ2) is 6.49. The first-order chi connectivity index (χ1) is 7.08. The average molecular weight is 213 g/mol. The van der Waals surface area contributed by atoms with Crippen molar-refractivity contribution in [2.24, 2.45) is 0 Å². The van der Waals surface area contributed by atoms with Crippen molar-refractivity contribution in [1.29, 1.82) is 0 Å². The first kappa shape index (κ1) is 13.0. The predicted octanol–water partition coefficient (Wildman–Crippen LogP) is 2.85. The lowest BCUT2D eigenvalue weighted by Crippen LogP contribution is -2.34. The van der Waals surface area contributed by atoms with Crippen LogP contribution in [0, 0.1) is 0 Å². The fraction of sp³-hybridized carbons (Fsp3) is 1.00. The van der Waals surface area contributed by atoms with Gasteiger partial charge in [0.25, 0.3) is 0 Å². The lowest BCUT2D eigenvalue weighted by molar-refractivity contribution is 0.0700. The van der Waals surface area contributed by atoms with Gasteiger partial charge in [0, 0.05) is 6.04 Å². The summed E-state index contributed by atoms with van der Waals surface area (Å²) in [4.78, 5) is 0. The summed E-state index contributed by atoms with van der Waals surface area (Å²) in [7, 11) is 0. The molecule has 1 fully saturated rings. The molecule has 1 rings (SSSR count). The summed E-state index contributed by atoms with van der Waals surface area (Å²) in [6.45, 7) is 4.72. The van der Waals surface area contributed by atoms with Crippen LogP contribution in [0.1, 0.15) is 65.2 Å². The maximum atomic E-state index is 9.61. The Hall–Kier alpha value is -0.0800. The van der Waals surface area contributed by atoms with Crippen molar-refractivity contribution in [3.63, 3.8) is 0 Å². The predicted molar refractivity (Wildman–Crippen MR) is 65.0 cm³/mol. The third-order valence-corrected chi connectivity index (χ3v) is 3.27. The van der Waals surface area contributed by atoms with Crippen molar-refractivity contribution in [3.8, 4) is 0 Å². The Balaban J connectivity index is 2.12. The van der Waals surface area contributed by atoms with Crippen molar-refractivity contribution >= 4 is 0 Å². The molecule has 2 heteroatoms. The van der Waals surface area contributed by atoms with Crippen LogP contribution in [0.15, 0.2) is 0 Å². The Kier molecular flexibility index (Phi) is 5.62. The van der Waals surface area contributed by atoms with Crippen LogP contribution < -0.4 is 5.32 Å². The molecule has 0 atom stereocenters. The van der Waals surface area contributed by atoms with E-state index in [1.54, 1.807) is 0 Å². The van der Waals surface area contributed by atoms with Crippen LogP contribution in [0.2, 0.25) is 0 Å². The molecule has 15 heavy (non-hydrogen) atoms. The second-order valence-electron chi connectivity index (χ2n) is 5.56. The Morgan fingerprint density at radius 3 is 2.13 bits per heavy atom. The Morgan fingerprint density at radius 1 is 1.07 bits per heavy atom. The minimum atomic E-state index is -0.519. The van der Waals surface area contributed by atoms with Gasteiger partial charge in [-0.1, -0.05) is 32.1 Å². The molecule has 0 amide bonds. The van der Waals surface area contributed by atoms with Crippen LogP contribution >= 0.6 is 0 Å². The highest BCUT2D eigenvalue weighted by Crippen LogP contribution is 2.17. The quantitative estimate of drug-likeness (QED) is 0.752. The standard InChI is InChI=1S/C13H27NO/c1-13(2,15)10-11-14-12-8-6-4-3-5-7-9-12/h12,14-15H,3-11H2,1-2H3. The minimum Gasteiger partial charge on any atom is -0.390 e. The van der Waals surface area contributed by atoms with Gasteiger partial charge in [0.2, 0.25) is 0 Å². The highest BCUT2D eigenvalue weighted by Gasteiger charge is 2.14. The number of nitrogens with one attached hydrogen (secondary N) is 1. The molecule has 1 saturated carbocycles. The topological polar surface area (TPSA) is 32.3 Å². The number of hydrogen-bond donors (Lipinski definition) is 2. The molecule has 0 aromatic rings. The third-order valence-electron chi connectivity index (χ3n) is 3.27. The highest BCUT2D eigenvalue weighted by atomic mass is 16.3. The number of aliphatic hydroxyl groups is 1. The van der Waals surface area contributed by atoms with E-state index in [-0.39, 0.29) is 0 Å². The zero-order chi connectivity index (χ0) is 11.1. The molecule has 0 radical (unpaired) electrons. The van der Waals surface area contributed by atoms with Crippen LogP contribution in [-0.2, 0) is 0 Å². The van der Waals surface area contributed by atoms with Gasteiger partial charge in [-0.3, -0.25) is 0 Å². The number of rotatable bonds is 4. The second-order valence-corrected chi connectivity index (χ2v) is 5.56. The van der Waals surface area contributed by atoms with E-state index in [9.17, 15) is 5.11 Å². The van der Waals surface area contributed by atoms with Crippen LogP contribution in [0.25, 0.3) is 0 Å². The van der Waals surface area contributed by atoms with Gasteiger partial charge in [-0.2, -0.15) is 0 Å². The van der Waals surface area contributed by atoms with Crippen LogP contribution in [0.4, 0.5) is 0 Å². The van der Waals surface area contributed by atoms with Gasteiger partial charge >= 0.3 is 0 Å². The molecular weight excluding hydrogens is 186 g/mol. The summed E-state index contributed by atoms with van der Waals surface area (Å²) in [6, 6.07) is 0.702. The normalized spacial score (nSPS) is 21.0. The van der Waals surface area contributed by atoms with Gasteiger partial charge in [-0.25, -0.2) is 0 Å². The van der Waals surface area contributed by atoms with Gasteiger partial charge in [0.15, 0.2) is 0 Å². The van der Waals surface area contributed by atoms with E-state index in [1.165, 1.54) is 44.9 Å². The van der Waals surface area contributed by atoms with E-state index in [0.29, 0.717) is 6.04 Å². The lowest BCUT2D eigenvalue weighted by Gasteiger charge is -2.23. The Labute approximate surface area is 94.5 Å². The van der Waals surface area contributed by atoms with Crippen molar-refractivity contribution in [1.82, 2.24) is 5.32 Å². The maximum absolute atomic E-state index is 9.61. The van der Waals surface area contributed by atoms with Gasteiger partial charge < -0.3 is 10.4 Å². The van der Waals surface area contributed by atoms with E-state index < -0.39 is 5.60 Å². The number of hydrogen-bond acceptors (Lipinski definition) is 2. The highest BCUT2D eigenvalue weighted by molar-refractivity contribution is 4.72. The minimum absolute atomic E-state index is 0.519. The summed E-state index contributed by atoms with van der Waals surface area (Å²) in [6.07, 6.45) is 10.5. The SMILES string of the molecule is CC(C)(O)CCNC1CCCCCCC1. The van der Waals surface area contributed by atoms with Crippen LogP contribution in [0.5, 0.6) is 0 Å². The van der Waals surface area contributed by atoms with E-state index >= 15 is 0 Å². The molecule has 0 spiro atoms. The maximum Gasteiger partial charge on any atom is 0.0603 e. The average Bonchev–Trinajstić information content (AvgIpc) is 2.06. The zero-order valence-corrected chi connectivity index (χ0v) is 10.4. The van der Waals surface area contributed by atoms with Gasteiger partial charge in [0.05, 0.1) is 5.60 Å². The largest absolute Gasteiger partial charge is 0.390 e. The van der Waals surface area contributed by atoms with Gasteiger partial charge in [-0.15, -0.1) is 0 Å². The molecule has 0 heterocycles. The van der Waals surface area contributed by atoms with Crippen molar-refractivity contribution < 1.29 is 5.11 Å². The van der Waals surface area contributed by atoms with E-state index in [2.05, 4.69) is 5.32 Å². The first-order valence-corrected chi connectivity index (χ1v) is 6.54. The van der Waals surface area contributed by atoms with E-state index in [1.807, 2.05) is 13.8 Å².